The maximum atomic E-state index is 5.84. The van der Waals surface area contributed by atoms with E-state index in [-0.39, 0.29) is 18.5 Å². The number of ether oxygens (including phenoxy) is 1. The van der Waals surface area contributed by atoms with E-state index < -0.39 is 0 Å². The number of hydrogen-bond donors (Lipinski definition) is 1. The van der Waals surface area contributed by atoms with Gasteiger partial charge in [-0.05, 0) is 19.9 Å². The highest BCUT2D eigenvalue weighted by Crippen LogP contribution is 2.21. The molecule has 80 valence electrons. The van der Waals surface area contributed by atoms with Crippen molar-refractivity contribution >= 4 is 23.7 Å². The van der Waals surface area contributed by atoms with E-state index in [1.807, 2.05) is 11.6 Å². The van der Waals surface area contributed by atoms with Gasteiger partial charge in [0.25, 0.3) is 0 Å². The Morgan fingerprint density at radius 3 is 3.14 bits per heavy atom. The fourth-order valence-electron chi connectivity index (χ4n) is 1.53. The molecule has 1 saturated heterocycles. The highest BCUT2D eigenvalue weighted by Gasteiger charge is 2.19. The second-order valence-corrected chi connectivity index (χ2v) is 4.19. The molecular weight excluding hydrogens is 220 g/mol. The number of nitrogens with zero attached hydrogens (tertiary/aromatic N) is 1. The van der Waals surface area contributed by atoms with Gasteiger partial charge in [0.05, 0.1) is 6.10 Å². The molecule has 1 unspecified atom stereocenters. The summed E-state index contributed by atoms with van der Waals surface area (Å²) in [5.41, 5.74) is 0. The van der Waals surface area contributed by atoms with Crippen LogP contribution in [0.5, 0.6) is 0 Å². The third-order valence-electron chi connectivity index (χ3n) is 2.21. The normalized spacial score (nSPS) is 23.1. The lowest BCUT2D eigenvalue weighted by Crippen LogP contribution is -2.18. The van der Waals surface area contributed by atoms with Crippen LogP contribution in [0.25, 0.3) is 0 Å². The molecular formula is C9H15ClN2OS. The summed E-state index contributed by atoms with van der Waals surface area (Å²) >= 11 is 1.66. The van der Waals surface area contributed by atoms with Gasteiger partial charge < -0.3 is 10.1 Å². The van der Waals surface area contributed by atoms with Gasteiger partial charge in [-0.15, -0.1) is 23.7 Å². The summed E-state index contributed by atoms with van der Waals surface area (Å²) in [5.74, 6) is 0. The predicted molar refractivity (Wildman–Crippen MR) is 60.1 cm³/mol. The van der Waals surface area contributed by atoms with Crippen LogP contribution in [-0.2, 0) is 4.74 Å². The fourth-order valence-corrected chi connectivity index (χ4v) is 2.16. The number of halogens is 1. The summed E-state index contributed by atoms with van der Waals surface area (Å²) in [4.78, 5) is 4.23. The van der Waals surface area contributed by atoms with Gasteiger partial charge in [0.1, 0.15) is 11.1 Å². The Balaban J connectivity index is 0.000000980. The topological polar surface area (TPSA) is 34.1 Å². The molecule has 0 aliphatic carbocycles. The molecule has 1 aromatic heterocycles. The van der Waals surface area contributed by atoms with Crippen LogP contribution in [0.4, 0.5) is 0 Å². The lowest BCUT2D eigenvalue weighted by atomic mass is 10.3. The molecule has 5 heteroatoms. The van der Waals surface area contributed by atoms with Crippen LogP contribution in [0.3, 0.4) is 0 Å². The van der Waals surface area contributed by atoms with Gasteiger partial charge in [0, 0.05) is 18.1 Å². The third-order valence-corrected chi connectivity index (χ3v) is 3.15. The van der Waals surface area contributed by atoms with Crippen LogP contribution in [0.2, 0.25) is 0 Å². The number of nitrogens with one attached hydrogen (secondary N) is 1. The molecule has 0 aromatic carbocycles. The average Bonchev–Trinajstić information content (AvgIpc) is 2.74. The minimum absolute atomic E-state index is 0. The Labute approximate surface area is 94.3 Å². The summed E-state index contributed by atoms with van der Waals surface area (Å²) in [6.07, 6.45) is 3.46. The molecule has 0 radical (unpaired) electrons. The second-order valence-electron chi connectivity index (χ2n) is 3.26. The molecule has 1 aliphatic heterocycles. The zero-order chi connectivity index (χ0) is 9.10. The maximum absolute atomic E-state index is 5.84. The Morgan fingerprint density at radius 1 is 1.71 bits per heavy atom. The molecule has 3 nitrogen and oxygen atoms in total. The van der Waals surface area contributed by atoms with Gasteiger partial charge in [-0.25, -0.2) is 4.98 Å². The van der Waals surface area contributed by atoms with Crippen LogP contribution in [0.15, 0.2) is 11.6 Å². The van der Waals surface area contributed by atoms with Crippen molar-refractivity contribution in [3.05, 3.63) is 16.6 Å². The van der Waals surface area contributed by atoms with Crippen molar-refractivity contribution < 1.29 is 4.74 Å². The molecule has 0 bridgehead atoms. The number of hydrogen-bond acceptors (Lipinski definition) is 4. The zero-order valence-electron chi connectivity index (χ0n) is 8.10. The number of thiazole rings is 1. The highest BCUT2D eigenvalue weighted by atomic mass is 35.5. The van der Waals surface area contributed by atoms with Crippen LogP contribution in [0, 0.1) is 0 Å². The minimum Gasteiger partial charge on any atom is -0.367 e. The van der Waals surface area contributed by atoms with Crippen LogP contribution in [0.1, 0.15) is 24.5 Å². The number of rotatable bonds is 3. The van der Waals surface area contributed by atoms with Crippen molar-refractivity contribution in [1.29, 1.82) is 0 Å². The van der Waals surface area contributed by atoms with E-state index in [0.29, 0.717) is 6.10 Å². The van der Waals surface area contributed by atoms with Gasteiger partial charge in [0.2, 0.25) is 0 Å². The third kappa shape index (κ3) is 2.92. The largest absolute Gasteiger partial charge is 0.367 e. The molecule has 1 aliphatic rings. The molecule has 1 N–H and O–H groups in total. The van der Waals surface area contributed by atoms with Gasteiger partial charge in [0.15, 0.2) is 0 Å². The van der Waals surface area contributed by atoms with E-state index >= 15 is 0 Å². The average molecular weight is 235 g/mol. The fraction of sp³-hybridized carbons (Fsp3) is 0.667. The van der Waals surface area contributed by atoms with E-state index in [0.717, 1.165) is 24.5 Å². The molecule has 1 aromatic rings. The first-order valence-corrected chi connectivity index (χ1v) is 5.50. The zero-order valence-corrected chi connectivity index (χ0v) is 9.74. The van der Waals surface area contributed by atoms with Gasteiger partial charge in [-0.2, -0.15) is 0 Å². The quantitative estimate of drug-likeness (QED) is 0.869. The first-order valence-electron chi connectivity index (χ1n) is 4.62. The monoisotopic (exact) mass is 234 g/mol. The predicted octanol–water partition coefficient (Wildman–Crippen LogP) is 2.00. The highest BCUT2D eigenvalue weighted by molar-refractivity contribution is 7.09. The first-order chi connectivity index (χ1) is 6.36. The van der Waals surface area contributed by atoms with Crippen LogP contribution < -0.4 is 5.32 Å². The van der Waals surface area contributed by atoms with Crippen molar-refractivity contribution in [1.82, 2.24) is 10.3 Å². The van der Waals surface area contributed by atoms with Gasteiger partial charge in [-0.1, -0.05) is 0 Å². The number of aromatic nitrogens is 1. The lowest BCUT2D eigenvalue weighted by Gasteiger charge is -2.15. The van der Waals surface area contributed by atoms with E-state index in [1.165, 1.54) is 0 Å². The maximum Gasteiger partial charge on any atom is 0.121 e. The van der Waals surface area contributed by atoms with E-state index in [2.05, 4.69) is 17.2 Å². The van der Waals surface area contributed by atoms with Gasteiger partial charge in [-0.3, -0.25) is 0 Å². The van der Waals surface area contributed by atoms with Crippen molar-refractivity contribution in [2.75, 3.05) is 13.1 Å². The van der Waals surface area contributed by atoms with Gasteiger partial charge >= 0.3 is 0 Å². The Hall–Kier alpha value is -0.160. The van der Waals surface area contributed by atoms with Crippen molar-refractivity contribution in [3.8, 4) is 0 Å². The van der Waals surface area contributed by atoms with Crippen LogP contribution in [-0.4, -0.2) is 24.2 Å². The van der Waals surface area contributed by atoms with Crippen LogP contribution >= 0.6 is 23.7 Å². The van der Waals surface area contributed by atoms with E-state index in [1.54, 1.807) is 11.3 Å². The summed E-state index contributed by atoms with van der Waals surface area (Å²) in [6, 6.07) is 0. The first kappa shape index (κ1) is 11.9. The SMILES string of the molecule is CC(O[C@@H]1CCNC1)c1nccs1.Cl. The lowest BCUT2D eigenvalue weighted by molar-refractivity contribution is 0.00818. The Kier molecular flexibility index (Phi) is 4.81. The minimum atomic E-state index is 0. The molecule has 0 saturated carbocycles. The molecule has 2 rings (SSSR count). The Bertz CT molecular complexity index is 249. The summed E-state index contributed by atoms with van der Waals surface area (Å²) in [5, 5.41) is 6.34. The molecule has 2 atom stereocenters. The standard InChI is InChI=1S/C9H14N2OS.ClH/c1-7(9-11-4-5-13-9)12-8-2-3-10-6-8;/h4-5,7-8,10H,2-3,6H2,1H3;1H/t7?,8-;/m1./s1. The molecule has 0 amide bonds. The van der Waals surface area contributed by atoms with Crippen molar-refractivity contribution in [3.63, 3.8) is 0 Å². The molecule has 0 spiro atoms. The van der Waals surface area contributed by atoms with Crippen molar-refractivity contribution in [2.45, 2.75) is 25.6 Å². The molecule has 14 heavy (non-hydrogen) atoms. The van der Waals surface area contributed by atoms with Crippen molar-refractivity contribution in [2.24, 2.45) is 0 Å². The smallest absolute Gasteiger partial charge is 0.121 e. The summed E-state index contributed by atoms with van der Waals surface area (Å²) < 4.78 is 5.84. The van der Waals surface area contributed by atoms with E-state index in [9.17, 15) is 0 Å². The molecule has 1 fully saturated rings. The summed E-state index contributed by atoms with van der Waals surface area (Å²) in [6.45, 7) is 4.13. The Morgan fingerprint density at radius 2 is 2.57 bits per heavy atom. The summed E-state index contributed by atoms with van der Waals surface area (Å²) in [7, 11) is 0. The second kappa shape index (κ2) is 5.66. The molecule has 2 heterocycles. The van der Waals surface area contributed by atoms with E-state index in [4.69, 9.17) is 4.74 Å².